The lowest BCUT2D eigenvalue weighted by molar-refractivity contribution is -0.146. The minimum Gasteiger partial charge on any atom is -0.449 e. The Balaban J connectivity index is 3.42. The molecular formula is C9H17ClO2. The number of rotatable bonds is 6. The summed E-state index contributed by atoms with van der Waals surface area (Å²) in [5.74, 6) is -0.184. The van der Waals surface area contributed by atoms with E-state index in [2.05, 4.69) is 11.7 Å². The molecule has 0 heterocycles. The molecule has 0 N–H and O–H groups in total. The van der Waals surface area contributed by atoms with E-state index < -0.39 is 0 Å². The van der Waals surface area contributed by atoms with Crippen molar-refractivity contribution in [3.8, 4) is 0 Å². The zero-order chi connectivity index (χ0) is 9.40. The van der Waals surface area contributed by atoms with Crippen molar-refractivity contribution >= 4 is 17.6 Å². The van der Waals surface area contributed by atoms with Crippen LogP contribution >= 0.6 is 11.6 Å². The summed E-state index contributed by atoms with van der Waals surface area (Å²) >= 11 is 5.26. The number of hydrogen-bond donors (Lipinski definition) is 0. The molecule has 0 spiro atoms. The highest BCUT2D eigenvalue weighted by molar-refractivity contribution is 6.17. The first-order valence-corrected chi connectivity index (χ1v) is 4.98. The van der Waals surface area contributed by atoms with Crippen molar-refractivity contribution in [2.24, 2.45) is 5.92 Å². The van der Waals surface area contributed by atoms with Crippen molar-refractivity contribution in [2.75, 3.05) is 6.07 Å². The summed E-state index contributed by atoms with van der Waals surface area (Å²) in [4.78, 5) is 11.0. The third kappa shape index (κ3) is 5.42. The Morgan fingerprint density at radius 3 is 2.67 bits per heavy atom. The second-order valence-electron chi connectivity index (χ2n) is 2.97. The molecule has 0 radical (unpaired) electrons. The lowest BCUT2D eigenvalue weighted by Gasteiger charge is -2.08. The Labute approximate surface area is 79.2 Å². The number of halogens is 1. The monoisotopic (exact) mass is 192 g/mol. The van der Waals surface area contributed by atoms with Gasteiger partial charge in [-0.25, -0.2) is 0 Å². The van der Waals surface area contributed by atoms with Crippen LogP contribution in [0.1, 0.15) is 39.5 Å². The number of esters is 1. The van der Waals surface area contributed by atoms with Crippen molar-refractivity contribution in [3.63, 3.8) is 0 Å². The second-order valence-corrected chi connectivity index (χ2v) is 3.19. The fraction of sp³-hybridized carbons (Fsp3) is 0.889. The quantitative estimate of drug-likeness (QED) is 0.368. The smallest absolute Gasteiger partial charge is 0.309 e. The average molecular weight is 193 g/mol. The highest BCUT2D eigenvalue weighted by atomic mass is 35.5. The van der Waals surface area contributed by atoms with Gasteiger partial charge in [-0.05, 0) is 6.42 Å². The third-order valence-electron chi connectivity index (χ3n) is 1.84. The van der Waals surface area contributed by atoms with Gasteiger partial charge < -0.3 is 4.74 Å². The van der Waals surface area contributed by atoms with Gasteiger partial charge in [0.15, 0.2) is 6.07 Å². The molecule has 3 heteroatoms. The van der Waals surface area contributed by atoms with Crippen molar-refractivity contribution in [1.29, 1.82) is 0 Å². The van der Waals surface area contributed by atoms with Crippen molar-refractivity contribution < 1.29 is 9.53 Å². The van der Waals surface area contributed by atoms with E-state index in [4.69, 9.17) is 11.6 Å². The van der Waals surface area contributed by atoms with Crippen LogP contribution in [0, 0.1) is 5.92 Å². The minimum atomic E-state index is -0.180. The van der Waals surface area contributed by atoms with Gasteiger partial charge in [0.05, 0.1) is 5.92 Å². The Morgan fingerprint density at radius 2 is 2.17 bits per heavy atom. The van der Waals surface area contributed by atoms with Gasteiger partial charge in [0, 0.05) is 0 Å². The Hall–Kier alpha value is -0.240. The predicted molar refractivity (Wildman–Crippen MR) is 50.1 cm³/mol. The Bertz CT molecular complexity index is 126. The van der Waals surface area contributed by atoms with E-state index in [1.807, 2.05) is 6.92 Å². The van der Waals surface area contributed by atoms with E-state index in [9.17, 15) is 4.79 Å². The molecule has 0 fully saturated rings. The zero-order valence-electron chi connectivity index (χ0n) is 7.81. The maximum atomic E-state index is 11.0. The lowest BCUT2D eigenvalue weighted by atomic mass is 10.0. The maximum absolute atomic E-state index is 11.0. The molecule has 0 bridgehead atoms. The standard InChI is InChI=1S/C9H17ClO2/c1-3-4-5-6-8(2)9(11)12-7-10/h8H,3-7H2,1-2H3. The number of unbranched alkanes of at least 4 members (excludes halogenated alkanes) is 2. The van der Waals surface area contributed by atoms with Crippen molar-refractivity contribution in [2.45, 2.75) is 39.5 Å². The molecule has 0 saturated heterocycles. The van der Waals surface area contributed by atoms with Gasteiger partial charge in [-0.2, -0.15) is 0 Å². The first kappa shape index (κ1) is 11.8. The van der Waals surface area contributed by atoms with Gasteiger partial charge in [0.2, 0.25) is 0 Å². The van der Waals surface area contributed by atoms with E-state index in [0.29, 0.717) is 0 Å². The predicted octanol–water partition coefficient (Wildman–Crippen LogP) is 2.94. The van der Waals surface area contributed by atoms with E-state index >= 15 is 0 Å². The van der Waals surface area contributed by atoms with Crippen LogP contribution < -0.4 is 0 Å². The fourth-order valence-corrected chi connectivity index (χ4v) is 1.12. The number of carbonyl (C=O) groups is 1. The summed E-state index contributed by atoms with van der Waals surface area (Å²) in [6.07, 6.45) is 4.36. The molecule has 0 saturated carbocycles. The molecule has 0 aromatic heterocycles. The van der Waals surface area contributed by atoms with Gasteiger partial charge in [-0.1, -0.05) is 44.7 Å². The van der Waals surface area contributed by atoms with E-state index in [1.54, 1.807) is 0 Å². The first-order valence-electron chi connectivity index (χ1n) is 4.45. The SMILES string of the molecule is CCCCCC(C)C(=O)OCCl. The molecule has 12 heavy (non-hydrogen) atoms. The van der Waals surface area contributed by atoms with Gasteiger partial charge in [-0.3, -0.25) is 4.79 Å². The molecule has 0 amide bonds. The molecule has 0 rings (SSSR count). The summed E-state index contributed by atoms with van der Waals surface area (Å²) in [5, 5.41) is 0. The van der Waals surface area contributed by atoms with Gasteiger partial charge in [-0.15, -0.1) is 0 Å². The van der Waals surface area contributed by atoms with Crippen LogP contribution in [0.3, 0.4) is 0 Å². The molecule has 0 aliphatic carbocycles. The Kier molecular flexibility index (Phi) is 7.26. The van der Waals surface area contributed by atoms with E-state index in [0.717, 1.165) is 12.8 Å². The molecule has 2 nitrogen and oxygen atoms in total. The Morgan fingerprint density at radius 1 is 1.50 bits per heavy atom. The normalized spacial score (nSPS) is 12.6. The second kappa shape index (κ2) is 7.41. The summed E-state index contributed by atoms with van der Waals surface area (Å²) in [6, 6.07) is -0.0308. The molecule has 0 aliphatic heterocycles. The lowest BCUT2D eigenvalue weighted by Crippen LogP contribution is -2.13. The van der Waals surface area contributed by atoms with Gasteiger partial charge in [0.25, 0.3) is 0 Å². The fourth-order valence-electron chi connectivity index (χ4n) is 1.01. The van der Waals surface area contributed by atoms with E-state index in [1.165, 1.54) is 12.8 Å². The highest BCUT2D eigenvalue weighted by Gasteiger charge is 2.12. The van der Waals surface area contributed by atoms with Crippen molar-refractivity contribution in [1.82, 2.24) is 0 Å². The van der Waals surface area contributed by atoms with Crippen LogP contribution in [0.15, 0.2) is 0 Å². The molecule has 0 aromatic carbocycles. The minimum absolute atomic E-state index is 0.00435. The highest BCUT2D eigenvalue weighted by Crippen LogP contribution is 2.10. The molecule has 72 valence electrons. The summed E-state index contributed by atoms with van der Waals surface area (Å²) < 4.78 is 4.66. The summed E-state index contributed by atoms with van der Waals surface area (Å²) in [7, 11) is 0. The summed E-state index contributed by atoms with van der Waals surface area (Å²) in [6.45, 7) is 4.02. The number of alkyl halides is 1. The number of ether oxygens (including phenoxy) is 1. The van der Waals surface area contributed by atoms with Crippen molar-refractivity contribution in [3.05, 3.63) is 0 Å². The zero-order valence-corrected chi connectivity index (χ0v) is 8.56. The van der Waals surface area contributed by atoms with Crippen LogP contribution in [0.25, 0.3) is 0 Å². The topological polar surface area (TPSA) is 26.3 Å². The maximum Gasteiger partial charge on any atom is 0.309 e. The van der Waals surface area contributed by atoms with Gasteiger partial charge in [0.1, 0.15) is 0 Å². The molecule has 0 aromatic rings. The van der Waals surface area contributed by atoms with Crippen LogP contribution in [-0.4, -0.2) is 12.0 Å². The van der Waals surface area contributed by atoms with Crippen LogP contribution in [0.4, 0.5) is 0 Å². The summed E-state index contributed by atoms with van der Waals surface area (Å²) in [5.41, 5.74) is 0. The van der Waals surface area contributed by atoms with Crippen LogP contribution in [-0.2, 0) is 9.53 Å². The van der Waals surface area contributed by atoms with E-state index in [-0.39, 0.29) is 18.0 Å². The average Bonchev–Trinajstić information content (AvgIpc) is 2.05. The largest absolute Gasteiger partial charge is 0.449 e. The van der Waals surface area contributed by atoms with Gasteiger partial charge >= 0.3 is 5.97 Å². The molecule has 1 atom stereocenters. The van der Waals surface area contributed by atoms with Crippen LogP contribution in [0.2, 0.25) is 0 Å². The first-order chi connectivity index (χ1) is 5.72. The molecule has 0 aliphatic rings. The third-order valence-corrected chi connectivity index (χ3v) is 1.95. The van der Waals surface area contributed by atoms with Crippen LogP contribution in [0.5, 0.6) is 0 Å². The number of carbonyl (C=O) groups excluding carboxylic acids is 1. The molecular weight excluding hydrogens is 176 g/mol. The number of hydrogen-bond acceptors (Lipinski definition) is 2. The molecule has 1 unspecified atom stereocenters.